The van der Waals surface area contributed by atoms with E-state index >= 15 is 0 Å². The Labute approximate surface area is 214 Å². The van der Waals surface area contributed by atoms with Crippen molar-refractivity contribution < 1.29 is 19.1 Å². The summed E-state index contributed by atoms with van der Waals surface area (Å²) in [6.45, 7) is 2.46. The quantitative estimate of drug-likeness (QED) is 0.536. The van der Waals surface area contributed by atoms with Crippen LogP contribution in [0, 0.1) is 0 Å². The van der Waals surface area contributed by atoms with Crippen LogP contribution in [0.3, 0.4) is 0 Å². The summed E-state index contributed by atoms with van der Waals surface area (Å²) in [7, 11) is 3.42. The summed E-state index contributed by atoms with van der Waals surface area (Å²) in [6.07, 6.45) is 4.71. The van der Waals surface area contributed by atoms with Crippen LogP contribution >= 0.6 is 0 Å². The van der Waals surface area contributed by atoms with Gasteiger partial charge in [0, 0.05) is 46.7 Å². The van der Waals surface area contributed by atoms with E-state index in [1.807, 2.05) is 65.6 Å². The number of likely N-dealkylation sites (N-methyl/N-ethyl adjacent to an activating group) is 2. The van der Waals surface area contributed by atoms with Gasteiger partial charge in [-0.25, -0.2) is 14.4 Å². The minimum atomic E-state index is -0.831. The van der Waals surface area contributed by atoms with Gasteiger partial charge in [-0.15, -0.1) is 0 Å². The highest BCUT2D eigenvalue weighted by Crippen LogP contribution is 2.12. The highest BCUT2D eigenvalue weighted by atomic mass is 16.5. The summed E-state index contributed by atoms with van der Waals surface area (Å²) in [6, 6.07) is 17.7. The first-order valence-electron chi connectivity index (χ1n) is 12.7. The number of urea groups is 2. The highest BCUT2D eigenvalue weighted by molar-refractivity contribution is 5.84. The zero-order valence-corrected chi connectivity index (χ0v) is 21.4. The first kappa shape index (κ1) is 27.0. The van der Waals surface area contributed by atoms with E-state index in [9.17, 15) is 14.4 Å². The standard InChI is InChI=1S/C28H38N4O4/c1-30(19-20-31(2)28(35)32-17-11-3-4-12-18-32)27(34)29-25(21-23-13-7-5-8-14-23)26(33)36-22-24-15-9-6-10-16-24/h5-10,13-16,25H,3-4,11-12,17-22H2,1-2H3,(H,29,34)/t25-/m0/s1. The molecule has 8 nitrogen and oxygen atoms in total. The SMILES string of the molecule is CN(CCN(C)C(=O)N1CCCCCC1)C(=O)N[C@@H](Cc1ccccc1)C(=O)OCc1ccccc1. The monoisotopic (exact) mass is 494 g/mol. The van der Waals surface area contributed by atoms with Gasteiger partial charge >= 0.3 is 18.0 Å². The average Bonchev–Trinajstić information content (AvgIpc) is 3.20. The Kier molecular flexibility index (Phi) is 10.6. The number of benzene rings is 2. The van der Waals surface area contributed by atoms with Gasteiger partial charge in [0.15, 0.2) is 0 Å². The number of rotatable bonds is 9. The van der Waals surface area contributed by atoms with E-state index in [1.54, 1.807) is 19.0 Å². The molecule has 4 amide bonds. The molecule has 0 saturated carbocycles. The number of hydrogen-bond donors (Lipinski definition) is 1. The Morgan fingerprint density at radius 1 is 0.833 bits per heavy atom. The predicted molar refractivity (Wildman–Crippen MR) is 139 cm³/mol. The maximum absolute atomic E-state index is 12.9. The Morgan fingerprint density at radius 3 is 2.00 bits per heavy atom. The third-order valence-corrected chi connectivity index (χ3v) is 6.41. The van der Waals surface area contributed by atoms with Crippen molar-refractivity contribution in [3.05, 3.63) is 71.8 Å². The van der Waals surface area contributed by atoms with E-state index in [2.05, 4.69) is 5.32 Å². The molecule has 36 heavy (non-hydrogen) atoms. The molecule has 1 aliphatic rings. The summed E-state index contributed by atoms with van der Waals surface area (Å²) in [5.74, 6) is -0.488. The van der Waals surface area contributed by atoms with Crippen molar-refractivity contribution in [3.63, 3.8) is 0 Å². The molecule has 1 fully saturated rings. The summed E-state index contributed by atoms with van der Waals surface area (Å²) >= 11 is 0. The van der Waals surface area contributed by atoms with Gasteiger partial charge < -0.3 is 24.8 Å². The molecule has 1 saturated heterocycles. The van der Waals surface area contributed by atoms with Crippen molar-refractivity contribution >= 4 is 18.0 Å². The Balaban J connectivity index is 1.54. The zero-order valence-electron chi connectivity index (χ0n) is 21.4. The minimum absolute atomic E-state index is 0.00264. The minimum Gasteiger partial charge on any atom is -0.459 e. The second-order valence-electron chi connectivity index (χ2n) is 9.31. The van der Waals surface area contributed by atoms with Gasteiger partial charge in [-0.2, -0.15) is 0 Å². The number of carbonyl (C=O) groups is 3. The number of esters is 1. The third-order valence-electron chi connectivity index (χ3n) is 6.41. The molecule has 1 aliphatic heterocycles. The largest absolute Gasteiger partial charge is 0.459 e. The van der Waals surface area contributed by atoms with E-state index in [-0.39, 0.29) is 18.7 Å². The van der Waals surface area contributed by atoms with Crippen LogP contribution in [0.15, 0.2) is 60.7 Å². The van der Waals surface area contributed by atoms with E-state index in [0.717, 1.165) is 49.9 Å². The van der Waals surface area contributed by atoms with Crippen LogP contribution in [-0.2, 0) is 22.6 Å². The Bertz CT molecular complexity index is 962. The molecule has 1 N–H and O–H groups in total. The van der Waals surface area contributed by atoms with Crippen LogP contribution in [0.1, 0.15) is 36.8 Å². The molecule has 0 spiro atoms. The van der Waals surface area contributed by atoms with Crippen molar-refractivity contribution in [2.75, 3.05) is 40.3 Å². The fourth-order valence-corrected chi connectivity index (χ4v) is 4.13. The lowest BCUT2D eigenvalue weighted by Gasteiger charge is -2.29. The molecule has 0 radical (unpaired) electrons. The summed E-state index contributed by atoms with van der Waals surface area (Å²) in [4.78, 5) is 43.7. The molecule has 8 heteroatoms. The van der Waals surface area contributed by atoms with E-state index < -0.39 is 12.0 Å². The van der Waals surface area contributed by atoms with Crippen molar-refractivity contribution in [2.45, 2.75) is 44.8 Å². The second-order valence-corrected chi connectivity index (χ2v) is 9.31. The Hall–Kier alpha value is -3.55. The lowest BCUT2D eigenvalue weighted by atomic mass is 10.1. The van der Waals surface area contributed by atoms with Crippen molar-refractivity contribution in [1.29, 1.82) is 0 Å². The molecule has 0 unspecified atom stereocenters. The van der Waals surface area contributed by atoms with Gasteiger partial charge in [-0.1, -0.05) is 73.5 Å². The molecular weight excluding hydrogens is 456 g/mol. The lowest BCUT2D eigenvalue weighted by molar-refractivity contribution is -0.147. The van der Waals surface area contributed by atoms with E-state index in [4.69, 9.17) is 4.74 Å². The topological polar surface area (TPSA) is 82.2 Å². The summed E-state index contributed by atoms with van der Waals surface area (Å²) < 4.78 is 5.52. The van der Waals surface area contributed by atoms with Gasteiger partial charge in [0.2, 0.25) is 0 Å². The molecule has 3 rings (SSSR count). The van der Waals surface area contributed by atoms with Gasteiger partial charge in [-0.3, -0.25) is 0 Å². The maximum atomic E-state index is 12.9. The van der Waals surface area contributed by atoms with Crippen molar-refractivity contribution in [2.24, 2.45) is 0 Å². The third kappa shape index (κ3) is 8.59. The molecule has 2 aromatic carbocycles. The maximum Gasteiger partial charge on any atom is 0.329 e. The van der Waals surface area contributed by atoms with Crippen LogP contribution < -0.4 is 5.32 Å². The number of nitrogens with one attached hydrogen (secondary N) is 1. The second kappa shape index (κ2) is 14.1. The highest BCUT2D eigenvalue weighted by Gasteiger charge is 2.25. The fraction of sp³-hybridized carbons (Fsp3) is 0.464. The number of ether oxygens (including phenoxy) is 1. The molecule has 194 valence electrons. The van der Waals surface area contributed by atoms with E-state index in [0.29, 0.717) is 19.5 Å². The predicted octanol–water partition coefficient (Wildman–Crippen LogP) is 3.91. The molecule has 1 heterocycles. The van der Waals surface area contributed by atoms with Crippen molar-refractivity contribution in [1.82, 2.24) is 20.0 Å². The number of hydrogen-bond acceptors (Lipinski definition) is 4. The first-order valence-corrected chi connectivity index (χ1v) is 12.7. The molecule has 0 bridgehead atoms. The number of nitrogens with zero attached hydrogens (tertiary/aromatic N) is 3. The average molecular weight is 495 g/mol. The molecule has 1 atom stereocenters. The lowest BCUT2D eigenvalue weighted by Crippen LogP contribution is -2.50. The van der Waals surface area contributed by atoms with Crippen LogP contribution in [0.2, 0.25) is 0 Å². The number of amides is 4. The molecule has 2 aromatic rings. The fourth-order valence-electron chi connectivity index (χ4n) is 4.13. The number of likely N-dealkylation sites (tertiary alicyclic amines) is 1. The number of carbonyl (C=O) groups excluding carboxylic acids is 3. The van der Waals surface area contributed by atoms with Crippen LogP contribution in [0.25, 0.3) is 0 Å². The van der Waals surface area contributed by atoms with Crippen LogP contribution in [0.5, 0.6) is 0 Å². The zero-order chi connectivity index (χ0) is 25.8. The van der Waals surface area contributed by atoms with Crippen LogP contribution in [0.4, 0.5) is 9.59 Å². The molecule has 0 aromatic heterocycles. The molecular formula is C28H38N4O4. The summed E-state index contributed by atoms with van der Waals surface area (Å²) in [5.41, 5.74) is 1.80. The Morgan fingerprint density at radius 2 is 1.39 bits per heavy atom. The van der Waals surface area contributed by atoms with Gasteiger partial charge in [-0.05, 0) is 24.0 Å². The van der Waals surface area contributed by atoms with Gasteiger partial charge in [0.25, 0.3) is 0 Å². The van der Waals surface area contributed by atoms with E-state index in [1.165, 1.54) is 4.90 Å². The smallest absolute Gasteiger partial charge is 0.329 e. The van der Waals surface area contributed by atoms with Gasteiger partial charge in [0.05, 0.1) is 0 Å². The van der Waals surface area contributed by atoms with Crippen LogP contribution in [-0.4, -0.2) is 79.0 Å². The molecule has 0 aliphatic carbocycles. The van der Waals surface area contributed by atoms with Gasteiger partial charge in [0.1, 0.15) is 12.6 Å². The summed E-state index contributed by atoms with van der Waals surface area (Å²) in [5, 5.41) is 2.82. The first-order chi connectivity index (χ1) is 17.4. The normalized spacial score (nSPS) is 14.3. The van der Waals surface area contributed by atoms with Crippen molar-refractivity contribution in [3.8, 4) is 0 Å².